The second-order valence-corrected chi connectivity index (χ2v) is 15.7. The zero-order valence-electron chi connectivity index (χ0n) is 21.8. The quantitative estimate of drug-likeness (QED) is 0.140. The van der Waals surface area contributed by atoms with E-state index in [4.69, 9.17) is 50.5 Å². The fourth-order valence-electron chi connectivity index (χ4n) is 5.52. The van der Waals surface area contributed by atoms with Crippen molar-refractivity contribution in [3.05, 3.63) is 29.4 Å². The number of thiol groups is 1. The van der Waals surface area contributed by atoms with E-state index in [2.05, 4.69) is 37.2 Å². The Hall–Kier alpha value is -2.62. The molecule has 24 heteroatoms. The SMILES string of the molecule is Nc1nc2c(ncn2[C@@H]2C[C@@H]3OP(O)(=S)O[C@H]4[C@@H](F)[C@H](n5cnc6c(N)ncnc65)O[C@@H]4COP(=O)(S)O[C@@H]2[C@@H]3O)c(=O)o1. The number of nitrogens with two attached hydrogens (primary N) is 2. The molecule has 7 rings (SSSR count). The maximum absolute atomic E-state index is 16.1. The van der Waals surface area contributed by atoms with Gasteiger partial charge in [0, 0.05) is 6.42 Å². The van der Waals surface area contributed by atoms with E-state index in [0.29, 0.717) is 0 Å². The molecule has 19 nitrogen and oxygen atoms in total. The topological polar surface area (TPSA) is 260 Å². The molecule has 1 aliphatic carbocycles. The monoisotopic (exact) mass is 693 g/mol. The van der Waals surface area contributed by atoms with E-state index in [1.54, 1.807) is 0 Å². The maximum Gasteiger partial charge on any atom is 0.386 e. The Balaban J connectivity index is 1.22. The van der Waals surface area contributed by atoms with Crippen molar-refractivity contribution in [3.63, 3.8) is 0 Å². The summed E-state index contributed by atoms with van der Waals surface area (Å²) in [5.41, 5.74) is 10.7. The van der Waals surface area contributed by atoms with E-state index < -0.39 is 80.7 Å². The highest BCUT2D eigenvalue weighted by Gasteiger charge is 2.54. The van der Waals surface area contributed by atoms with Crippen LogP contribution in [0.3, 0.4) is 0 Å². The molecule has 2 saturated heterocycles. The number of anilines is 2. The third-order valence-electron chi connectivity index (χ3n) is 7.41. The Kier molecular flexibility index (Phi) is 7.33. The van der Waals surface area contributed by atoms with E-state index in [9.17, 15) is 19.4 Å². The summed E-state index contributed by atoms with van der Waals surface area (Å²) < 4.78 is 65.2. The smallest absolute Gasteiger partial charge is 0.386 e. The highest BCUT2D eigenvalue weighted by Crippen LogP contribution is 2.60. The normalized spacial score (nSPS) is 38.0. The first-order valence-electron chi connectivity index (χ1n) is 12.7. The van der Waals surface area contributed by atoms with Gasteiger partial charge in [-0.1, -0.05) is 12.2 Å². The van der Waals surface area contributed by atoms with Crippen molar-refractivity contribution in [2.45, 2.75) is 55.4 Å². The van der Waals surface area contributed by atoms with Gasteiger partial charge in [-0.2, -0.15) is 4.98 Å². The Labute approximate surface area is 254 Å². The van der Waals surface area contributed by atoms with Crippen LogP contribution in [0.5, 0.6) is 0 Å². The number of fused-ring (bicyclic) bond motifs is 5. The number of aromatic nitrogens is 7. The molecule has 3 aliphatic rings. The number of imidazole rings is 2. The summed E-state index contributed by atoms with van der Waals surface area (Å²) >= 11 is 9.28. The van der Waals surface area contributed by atoms with E-state index in [-0.39, 0.29) is 34.6 Å². The number of hydrogen-bond acceptors (Lipinski definition) is 17. The minimum atomic E-state index is -4.34. The second kappa shape index (κ2) is 10.7. The fourth-order valence-corrected chi connectivity index (χ4v) is 8.81. The van der Waals surface area contributed by atoms with Crippen LogP contribution in [-0.2, 0) is 39.2 Å². The molecular formula is C20H22FN9O10P2S2. The van der Waals surface area contributed by atoms with Crippen molar-refractivity contribution < 1.29 is 46.2 Å². The Morgan fingerprint density at radius 3 is 2.59 bits per heavy atom. The molecule has 2 aliphatic heterocycles. The predicted octanol–water partition coefficient (Wildman–Crippen LogP) is 0.370. The van der Waals surface area contributed by atoms with Crippen LogP contribution in [0, 0.1) is 0 Å². The first kappa shape index (κ1) is 30.1. The minimum Gasteiger partial charge on any atom is -0.388 e. The van der Waals surface area contributed by atoms with Crippen LogP contribution in [0.15, 0.2) is 28.2 Å². The largest absolute Gasteiger partial charge is 0.388 e. The lowest BCUT2D eigenvalue weighted by Crippen LogP contribution is -2.37. The first-order valence-corrected chi connectivity index (χ1v) is 18.0. The lowest BCUT2D eigenvalue weighted by atomic mass is 10.1. The van der Waals surface area contributed by atoms with Gasteiger partial charge in [-0.05, 0) is 11.8 Å². The molecule has 10 atom stereocenters. The highest BCUT2D eigenvalue weighted by atomic mass is 32.7. The number of aliphatic hydroxyl groups excluding tert-OH is 1. The van der Waals surface area contributed by atoms with E-state index >= 15 is 4.39 Å². The van der Waals surface area contributed by atoms with Crippen molar-refractivity contribution in [1.82, 2.24) is 34.1 Å². The number of halogens is 1. The van der Waals surface area contributed by atoms with Gasteiger partial charge in [-0.25, -0.2) is 33.7 Å². The van der Waals surface area contributed by atoms with Gasteiger partial charge in [0.15, 0.2) is 35.0 Å². The van der Waals surface area contributed by atoms with Crippen molar-refractivity contribution in [2.75, 3.05) is 18.1 Å². The van der Waals surface area contributed by atoms with Crippen LogP contribution in [0.1, 0.15) is 18.7 Å². The summed E-state index contributed by atoms with van der Waals surface area (Å²) in [7, 11) is 0. The summed E-state index contributed by atoms with van der Waals surface area (Å²) in [5.74, 6) is 0.0546. The second-order valence-electron chi connectivity index (χ2n) is 10.1. The minimum absolute atomic E-state index is 0.0302. The van der Waals surface area contributed by atoms with Crippen LogP contribution in [0.4, 0.5) is 16.2 Å². The van der Waals surface area contributed by atoms with Crippen molar-refractivity contribution in [1.29, 1.82) is 0 Å². The number of nitrogen functional groups attached to an aromatic ring is 2. The number of nitrogens with zero attached hydrogens (tertiary/aromatic N) is 7. The van der Waals surface area contributed by atoms with Crippen molar-refractivity contribution in [2.24, 2.45) is 0 Å². The number of rotatable bonds is 2. The number of aliphatic hydroxyl groups is 1. The molecule has 2 bridgehead atoms. The first-order chi connectivity index (χ1) is 20.8. The summed E-state index contributed by atoms with van der Waals surface area (Å²) in [6.07, 6.45) is -7.25. The average molecular weight is 694 g/mol. The number of hydrogen-bond donors (Lipinski definition) is 5. The summed E-state index contributed by atoms with van der Waals surface area (Å²) in [4.78, 5) is 43.4. The molecule has 0 amide bonds. The fraction of sp³-hybridized carbons (Fsp3) is 0.500. The molecule has 44 heavy (non-hydrogen) atoms. The maximum atomic E-state index is 16.1. The molecule has 6 heterocycles. The molecule has 1 saturated carbocycles. The van der Waals surface area contributed by atoms with Gasteiger partial charge < -0.3 is 39.7 Å². The van der Waals surface area contributed by atoms with Gasteiger partial charge in [-0.3, -0.25) is 18.1 Å². The zero-order valence-corrected chi connectivity index (χ0v) is 25.3. The molecule has 4 aromatic rings. The third-order valence-corrected chi connectivity index (χ3v) is 10.6. The average Bonchev–Trinajstić information content (AvgIpc) is 3.70. The standard InChI is InChI=1S/C20H22FN9O10P2S2/c21-9-14-8(36-18(9)30-5-26-10-15(22)24-3-25-16(10)30)2-35-41(33,43)39-13-6(1-7(12(13)31)38-42(34,44)40-14)29-4-27-11-17(29)28-20(23)37-19(11)32/h3-9,12-14,18,31H,1-2H2,(H2,23,28)(H,33,43)(H,34,44)(H2,22,24,25)/t6-,7+,8-,9-,12-,13+,14-,18-,41?,42?/m1/s1. The Morgan fingerprint density at radius 1 is 1.05 bits per heavy atom. The van der Waals surface area contributed by atoms with Crippen LogP contribution in [0.25, 0.3) is 22.3 Å². The Morgan fingerprint density at radius 2 is 1.80 bits per heavy atom. The third kappa shape index (κ3) is 5.13. The molecule has 3 fully saturated rings. The van der Waals surface area contributed by atoms with Crippen LogP contribution in [0.2, 0.25) is 0 Å². The van der Waals surface area contributed by atoms with Gasteiger partial charge in [0.25, 0.3) is 6.01 Å². The lowest BCUT2D eigenvalue weighted by Gasteiger charge is -2.30. The van der Waals surface area contributed by atoms with Gasteiger partial charge in [0.05, 0.1) is 31.4 Å². The van der Waals surface area contributed by atoms with Gasteiger partial charge in [-0.15, -0.1) is 0 Å². The lowest BCUT2D eigenvalue weighted by molar-refractivity contribution is -0.0539. The van der Waals surface area contributed by atoms with Crippen LogP contribution in [-0.4, -0.2) is 87.4 Å². The summed E-state index contributed by atoms with van der Waals surface area (Å²) in [6, 6.07) is -1.43. The van der Waals surface area contributed by atoms with Crippen molar-refractivity contribution >= 4 is 71.7 Å². The zero-order chi connectivity index (χ0) is 31.1. The van der Waals surface area contributed by atoms with Crippen molar-refractivity contribution in [3.8, 4) is 0 Å². The van der Waals surface area contributed by atoms with Crippen LogP contribution >= 0.6 is 25.8 Å². The van der Waals surface area contributed by atoms with E-state index in [1.807, 2.05) is 0 Å². The molecule has 0 spiro atoms. The van der Waals surface area contributed by atoms with E-state index in [1.165, 1.54) is 21.8 Å². The summed E-state index contributed by atoms with van der Waals surface area (Å²) in [6.45, 7) is -9.29. The van der Waals surface area contributed by atoms with Crippen LogP contribution < -0.4 is 17.1 Å². The molecule has 4 aromatic heterocycles. The number of alkyl halides is 1. The van der Waals surface area contributed by atoms with Gasteiger partial charge in [0.2, 0.25) is 0 Å². The molecule has 0 radical (unpaired) electrons. The number of ether oxygens (including phenoxy) is 1. The predicted molar refractivity (Wildman–Crippen MR) is 152 cm³/mol. The van der Waals surface area contributed by atoms with Gasteiger partial charge in [0.1, 0.15) is 36.3 Å². The summed E-state index contributed by atoms with van der Waals surface area (Å²) in [5, 5.41) is 11.2. The molecule has 2 unspecified atom stereocenters. The molecule has 0 aromatic carbocycles. The Bertz CT molecular complexity index is 1930. The van der Waals surface area contributed by atoms with E-state index in [0.717, 1.165) is 6.33 Å². The van der Waals surface area contributed by atoms with Gasteiger partial charge >= 0.3 is 19.1 Å². The molecule has 6 N–H and O–H groups in total. The molecular weight excluding hydrogens is 671 g/mol. The highest BCUT2D eigenvalue weighted by molar-refractivity contribution is 8.44. The molecule has 236 valence electrons.